The molecule has 1 aromatic heterocycles. The van der Waals surface area contributed by atoms with Gasteiger partial charge in [-0.1, -0.05) is 6.92 Å². The van der Waals surface area contributed by atoms with Crippen molar-refractivity contribution >= 4 is 11.9 Å². The molecule has 1 aliphatic rings. The first-order valence-electron chi connectivity index (χ1n) is 6.01. The van der Waals surface area contributed by atoms with E-state index in [1.165, 1.54) is 0 Å². The molecule has 18 heavy (non-hydrogen) atoms. The van der Waals surface area contributed by atoms with E-state index in [4.69, 9.17) is 5.11 Å². The Balaban J connectivity index is 1.89. The summed E-state index contributed by atoms with van der Waals surface area (Å²) in [5.74, 6) is -1.13. The Morgan fingerprint density at radius 3 is 2.56 bits per heavy atom. The molecule has 0 aromatic carbocycles. The molecule has 0 bridgehead atoms. The van der Waals surface area contributed by atoms with E-state index in [0.717, 1.165) is 0 Å². The van der Waals surface area contributed by atoms with Crippen LogP contribution in [0.5, 0.6) is 0 Å². The molecular formula is C12H17N3O3. The maximum atomic E-state index is 12.1. The van der Waals surface area contributed by atoms with Gasteiger partial charge in [0.1, 0.15) is 6.04 Å². The summed E-state index contributed by atoms with van der Waals surface area (Å²) in [5.41, 5.74) is 0. The highest BCUT2D eigenvalue weighted by atomic mass is 16.4. The SMILES string of the molecule is CC(C(=O)O)C1CN(C(=O)C(C)n2cccn2)C1. The molecule has 0 spiro atoms. The van der Waals surface area contributed by atoms with Gasteiger partial charge in [-0.2, -0.15) is 5.10 Å². The average molecular weight is 251 g/mol. The molecule has 0 radical (unpaired) electrons. The van der Waals surface area contributed by atoms with Gasteiger partial charge in [-0.25, -0.2) is 0 Å². The molecule has 98 valence electrons. The van der Waals surface area contributed by atoms with Crippen LogP contribution in [-0.2, 0) is 9.59 Å². The Bertz CT molecular complexity index is 437. The summed E-state index contributed by atoms with van der Waals surface area (Å²) in [6.07, 6.45) is 3.38. The summed E-state index contributed by atoms with van der Waals surface area (Å²) in [4.78, 5) is 24.6. The highest BCUT2D eigenvalue weighted by molar-refractivity contribution is 5.81. The maximum Gasteiger partial charge on any atom is 0.306 e. The second-order valence-corrected chi connectivity index (χ2v) is 4.79. The molecule has 1 fully saturated rings. The van der Waals surface area contributed by atoms with Gasteiger partial charge >= 0.3 is 5.97 Å². The summed E-state index contributed by atoms with van der Waals surface area (Å²) in [5, 5.41) is 12.9. The third-order valence-electron chi connectivity index (χ3n) is 3.60. The molecule has 0 saturated carbocycles. The molecule has 1 aliphatic heterocycles. The smallest absolute Gasteiger partial charge is 0.306 e. The second-order valence-electron chi connectivity index (χ2n) is 4.79. The zero-order chi connectivity index (χ0) is 13.3. The zero-order valence-corrected chi connectivity index (χ0v) is 10.5. The number of likely N-dealkylation sites (tertiary alicyclic amines) is 1. The predicted molar refractivity (Wildman–Crippen MR) is 63.8 cm³/mol. The summed E-state index contributed by atoms with van der Waals surface area (Å²) >= 11 is 0. The lowest BCUT2D eigenvalue weighted by atomic mass is 9.87. The van der Waals surface area contributed by atoms with E-state index in [9.17, 15) is 9.59 Å². The van der Waals surface area contributed by atoms with E-state index in [2.05, 4.69) is 5.10 Å². The number of rotatable bonds is 4. The number of carbonyl (C=O) groups is 2. The fourth-order valence-corrected chi connectivity index (χ4v) is 2.10. The summed E-state index contributed by atoms with van der Waals surface area (Å²) in [7, 11) is 0. The van der Waals surface area contributed by atoms with Crippen LogP contribution >= 0.6 is 0 Å². The number of hydrogen-bond acceptors (Lipinski definition) is 3. The van der Waals surface area contributed by atoms with Gasteiger partial charge in [0.05, 0.1) is 5.92 Å². The molecular weight excluding hydrogens is 234 g/mol. The molecule has 1 amide bonds. The van der Waals surface area contributed by atoms with Gasteiger partial charge in [-0.15, -0.1) is 0 Å². The number of amides is 1. The topological polar surface area (TPSA) is 75.4 Å². The van der Waals surface area contributed by atoms with Gasteiger partial charge in [0.2, 0.25) is 5.91 Å². The van der Waals surface area contributed by atoms with Crippen LogP contribution in [0, 0.1) is 11.8 Å². The molecule has 1 saturated heterocycles. The lowest BCUT2D eigenvalue weighted by molar-refractivity contribution is -0.151. The largest absolute Gasteiger partial charge is 0.481 e. The first-order valence-corrected chi connectivity index (χ1v) is 6.01. The highest BCUT2D eigenvalue weighted by Gasteiger charge is 2.38. The van der Waals surface area contributed by atoms with Crippen LogP contribution in [-0.4, -0.2) is 44.8 Å². The quantitative estimate of drug-likeness (QED) is 0.851. The monoisotopic (exact) mass is 251 g/mol. The minimum Gasteiger partial charge on any atom is -0.481 e. The molecule has 2 heterocycles. The first kappa shape index (κ1) is 12.6. The molecule has 1 N–H and O–H groups in total. The number of aliphatic carboxylic acids is 1. The lowest BCUT2D eigenvalue weighted by Gasteiger charge is -2.42. The van der Waals surface area contributed by atoms with Crippen LogP contribution in [0.15, 0.2) is 18.5 Å². The third-order valence-corrected chi connectivity index (χ3v) is 3.60. The Labute approximate surface area is 105 Å². The lowest BCUT2D eigenvalue weighted by Crippen LogP contribution is -2.55. The van der Waals surface area contributed by atoms with E-state index in [1.807, 2.05) is 0 Å². The van der Waals surface area contributed by atoms with Gasteiger partial charge in [-0.3, -0.25) is 14.3 Å². The molecule has 2 unspecified atom stereocenters. The van der Waals surface area contributed by atoms with Crippen LogP contribution in [0.3, 0.4) is 0 Å². The van der Waals surface area contributed by atoms with Crippen molar-refractivity contribution in [1.29, 1.82) is 0 Å². The van der Waals surface area contributed by atoms with E-state index < -0.39 is 11.9 Å². The molecule has 0 aliphatic carbocycles. The van der Waals surface area contributed by atoms with E-state index in [0.29, 0.717) is 13.1 Å². The van der Waals surface area contributed by atoms with Crippen molar-refractivity contribution < 1.29 is 14.7 Å². The van der Waals surface area contributed by atoms with Crippen LogP contribution in [0.25, 0.3) is 0 Å². The normalized spacial score (nSPS) is 19.1. The summed E-state index contributed by atoms with van der Waals surface area (Å²) < 4.78 is 1.61. The molecule has 2 atom stereocenters. The maximum absolute atomic E-state index is 12.1. The fourth-order valence-electron chi connectivity index (χ4n) is 2.10. The van der Waals surface area contributed by atoms with Crippen molar-refractivity contribution in [2.24, 2.45) is 11.8 Å². The van der Waals surface area contributed by atoms with Crippen LogP contribution in [0.4, 0.5) is 0 Å². The van der Waals surface area contributed by atoms with E-state index in [1.54, 1.807) is 41.9 Å². The Morgan fingerprint density at radius 2 is 2.06 bits per heavy atom. The van der Waals surface area contributed by atoms with E-state index in [-0.39, 0.29) is 17.9 Å². The first-order chi connectivity index (χ1) is 8.50. The summed E-state index contributed by atoms with van der Waals surface area (Å²) in [6.45, 7) is 4.53. The number of aromatic nitrogens is 2. The van der Waals surface area contributed by atoms with Gasteiger partial charge < -0.3 is 10.0 Å². The third kappa shape index (κ3) is 2.23. The summed E-state index contributed by atoms with van der Waals surface area (Å²) in [6, 6.07) is 1.44. The number of carbonyl (C=O) groups excluding carboxylic acids is 1. The number of carboxylic acids is 1. The van der Waals surface area contributed by atoms with Crippen molar-refractivity contribution in [3.05, 3.63) is 18.5 Å². The second kappa shape index (κ2) is 4.80. The predicted octanol–water partition coefficient (Wildman–Crippen LogP) is 0.623. The van der Waals surface area contributed by atoms with Crippen molar-refractivity contribution in [2.75, 3.05) is 13.1 Å². The van der Waals surface area contributed by atoms with Crippen LogP contribution < -0.4 is 0 Å². The van der Waals surface area contributed by atoms with Gasteiger partial charge in [-0.05, 0) is 13.0 Å². The van der Waals surface area contributed by atoms with Gasteiger partial charge in [0, 0.05) is 31.4 Å². The van der Waals surface area contributed by atoms with Crippen LogP contribution in [0.1, 0.15) is 19.9 Å². The molecule has 1 aromatic rings. The highest BCUT2D eigenvalue weighted by Crippen LogP contribution is 2.26. The molecule has 2 rings (SSSR count). The van der Waals surface area contributed by atoms with Crippen LogP contribution in [0.2, 0.25) is 0 Å². The number of nitrogens with zero attached hydrogens (tertiary/aromatic N) is 3. The van der Waals surface area contributed by atoms with Gasteiger partial charge in [0.25, 0.3) is 0 Å². The Hall–Kier alpha value is -1.85. The average Bonchev–Trinajstić information content (AvgIpc) is 2.78. The van der Waals surface area contributed by atoms with Crippen molar-refractivity contribution in [2.45, 2.75) is 19.9 Å². The Kier molecular flexibility index (Phi) is 3.36. The van der Waals surface area contributed by atoms with Crippen molar-refractivity contribution in [1.82, 2.24) is 14.7 Å². The van der Waals surface area contributed by atoms with Crippen molar-refractivity contribution in [3.8, 4) is 0 Å². The molecule has 6 nitrogen and oxygen atoms in total. The Morgan fingerprint density at radius 1 is 1.39 bits per heavy atom. The van der Waals surface area contributed by atoms with Gasteiger partial charge in [0.15, 0.2) is 0 Å². The fraction of sp³-hybridized carbons (Fsp3) is 0.583. The van der Waals surface area contributed by atoms with Crippen molar-refractivity contribution in [3.63, 3.8) is 0 Å². The zero-order valence-electron chi connectivity index (χ0n) is 10.5. The minimum atomic E-state index is -0.799. The molecule has 6 heteroatoms. The number of carboxylic acid groups (broad SMARTS) is 1. The number of hydrogen-bond donors (Lipinski definition) is 1. The van der Waals surface area contributed by atoms with E-state index >= 15 is 0 Å². The standard InChI is InChI=1S/C12H17N3O3/c1-8(12(17)18)10-6-14(7-10)11(16)9(2)15-5-3-4-13-15/h3-5,8-10H,6-7H2,1-2H3,(H,17,18). The minimum absolute atomic E-state index is 0.00691.